The molecule has 3 rings (SSSR count). The first-order valence-electron chi connectivity index (χ1n) is 9.49. The van der Waals surface area contributed by atoms with Crippen molar-refractivity contribution in [1.82, 2.24) is 9.97 Å². The first-order valence-corrected chi connectivity index (χ1v) is 10.5. The van der Waals surface area contributed by atoms with Crippen LogP contribution in [0.15, 0.2) is 29.3 Å². The molecule has 26 heavy (non-hydrogen) atoms. The summed E-state index contributed by atoms with van der Waals surface area (Å²) in [4.78, 5) is 21.5. The maximum Gasteiger partial charge on any atom is 0.316 e. The van der Waals surface area contributed by atoms with Crippen molar-refractivity contribution >= 4 is 28.6 Å². The number of rotatable bonds is 5. The van der Waals surface area contributed by atoms with Crippen LogP contribution in [0.4, 0.5) is 0 Å². The van der Waals surface area contributed by atoms with E-state index in [0.717, 1.165) is 34.6 Å². The molecule has 140 valence electrons. The average molecular weight is 373 g/mol. The van der Waals surface area contributed by atoms with Crippen LogP contribution in [-0.2, 0) is 9.53 Å². The van der Waals surface area contributed by atoms with Crippen molar-refractivity contribution in [1.29, 1.82) is 0 Å². The molecule has 0 unspecified atom stereocenters. The summed E-state index contributed by atoms with van der Waals surface area (Å²) in [6.07, 6.45) is 3.42. The number of esters is 1. The highest BCUT2D eigenvalue weighted by Gasteiger charge is 2.33. The van der Waals surface area contributed by atoms with Gasteiger partial charge in [0.1, 0.15) is 17.0 Å². The molecule has 0 bridgehead atoms. The number of nitrogens with zero attached hydrogens (tertiary/aromatic N) is 2. The molecule has 0 N–H and O–H groups in total. The minimum atomic E-state index is -0.139. The van der Waals surface area contributed by atoms with Crippen LogP contribution in [0.3, 0.4) is 0 Å². The largest absolute Gasteiger partial charge is 0.461 e. The molecule has 3 atom stereocenters. The summed E-state index contributed by atoms with van der Waals surface area (Å²) < 4.78 is 5.90. The molecule has 1 aromatic carbocycles. The Morgan fingerprint density at radius 1 is 1.27 bits per heavy atom. The number of aryl methyl sites for hydroxylation is 1. The molecule has 4 nitrogen and oxygen atoms in total. The molecule has 1 aliphatic rings. The van der Waals surface area contributed by atoms with Gasteiger partial charge in [-0.2, -0.15) is 0 Å². The van der Waals surface area contributed by atoms with Crippen LogP contribution in [0.1, 0.15) is 45.9 Å². The van der Waals surface area contributed by atoms with E-state index in [0.29, 0.717) is 17.8 Å². The third kappa shape index (κ3) is 4.56. The molecule has 1 fully saturated rings. The van der Waals surface area contributed by atoms with Crippen LogP contribution in [0.5, 0.6) is 0 Å². The van der Waals surface area contributed by atoms with Crippen molar-refractivity contribution in [3.8, 4) is 0 Å². The second-order valence-electron chi connectivity index (χ2n) is 7.74. The fourth-order valence-electron chi connectivity index (χ4n) is 3.85. The Bertz CT molecular complexity index is 778. The van der Waals surface area contributed by atoms with Gasteiger partial charge in [0, 0.05) is 5.39 Å². The van der Waals surface area contributed by atoms with E-state index in [1.54, 1.807) is 0 Å². The molecule has 1 aliphatic carbocycles. The third-order valence-electron chi connectivity index (χ3n) is 5.25. The van der Waals surface area contributed by atoms with Crippen LogP contribution >= 0.6 is 11.8 Å². The van der Waals surface area contributed by atoms with Gasteiger partial charge in [-0.3, -0.25) is 4.79 Å². The van der Waals surface area contributed by atoms with E-state index in [1.165, 1.54) is 18.2 Å². The zero-order valence-corrected chi connectivity index (χ0v) is 16.9. The predicted molar refractivity (Wildman–Crippen MR) is 106 cm³/mol. The van der Waals surface area contributed by atoms with Crippen molar-refractivity contribution in [2.45, 2.75) is 58.1 Å². The van der Waals surface area contributed by atoms with E-state index in [9.17, 15) is 4.79 Å². The van der Waals surface area contributed by atoms with Crippen molar-refractivity contribution in [3.05, 3.63) is 30.1 Å². The van der Waals surface area contributed by atoms with E-state index >= 15 is 0 Å². The maximum absolute atomic E-state index is 12.5. The summed E-state index contributed by atoms with van der Waals surface area (Å²) in [5.41, 5.74) is 0.914. The highest BCUT2D eigenvalue weighted by Crippen LogP contribution is 2.35. The lowest BCUT2D eigenvalue weighted by atomic mass is 9.75. The van der Waals surface area contributed by atoms with Gasteiger partial charge in [-0.05, 0) is 43.6 Å². The van der Waals surface area contributed by atoms with E-state index in [1.807, 2.05) is 31.2 Å². The molecule has 2 aromatic rings. The van der Waals surface area contributed by atoms with Crippen LogP contribution in [0.2, 0.25) is 0 Å². The number of fused-ring (bicyclic) bond motifs is 1. The number of benzene rings is 1. The van der Waals surface area contributed by atoms with Crippen LogP contribution in [0.25, 0.3) is 10.9 Å². The minimum absolute atomic E-state index is 0.0516. The topological polar surface area (TPSA) is 52.1 Å². The van der Waals surface area contributed by atoms with E-state index in [2.05, 4.69) is 30.7 Å². The lowest BCUT2D eigenvalue weighted by molar-refractivity contribution is -0.152. The Morgan fingerprint density at radius 3 is 2.81 bits per heavy atom. The lowest BCUT2D eigenvalue weighted by Gasteiger charge is -2.36. The van der Waals surface area contributed by atoms with Gasteiger partial charge in [0.25, 0.3) is 0 Å². The highest BCUT2D eigenvalue weighted by molar-refractivity contribution is 8.00. The number of hydrogen-bond acceptors (Lipinski definition) is 5. The van der Waals surface area contributed by atoms with Gasteiger partial charge in [-0.15, -0.1) is 0 Å². The van der Waals surface area contributed by atoms with E-state index < -0.39 is 0 Å². The monoisotopic (exact) mass is 372 g/mol. The van der Waals surface area contributed by atoms with Gasteiger partial charge in [-0.25, -0.2) is 9.97 Å². The number of ether oxygens (including phenoxy) is 1. The predicted octanol–water partition coefficient (Wildman–Crippen LogP) is 5.03. The normalized spacial score (nSPS) is 23.3. The Labute approximate surface area is 160 Å². The molecule has 1 saturated carbocycles. The van der Waals surface area contributed by atoms with Crippen molar-refractivity contribution in [2.24, 2.45) is 17.8 Å². The minimum Gasteiger partial charge on any atom is -0.461 e. The zero-order chi connectivity index (χ0) is 18.7. The van der Waals surface area contributed by atoms with E-state index in [-0.39, 0.29) is 17.8 Å². The molecule has 1 aromatic heterocycles. The molecule has 0 amide bonds. The molecule has 0 radical (unpaired) electrons. The Morgan fingerprint density at radius 2 is 2.04 bits per heavy atom. The van der Waals surface area contributed by atoms with Gasteiger partial charge in [0.05, 0.1) is 11.3 Å². The molecule has 5 heteroatoms. The number of hydrogen-bond donors (Lipinski definition) is 0. The number of carbonyl (C=O) groups is 1. The summed E-state index contributed by atoms with van der Waals surface area (Å²) in [6, 6.07) is 7.91. The Hall–Kier alpha value is -1.62. The first kappa shape index (κ1) is 19.2. The molecule has 1 heterocycles. The van der Waals surface area contributed by atoms with Gasteiger partial charge < -0.3 is 4.74 Å². The Kier molecular flexibility index (Phi) is 6.17. The fraction of sp³-hybridized carbons (Fsp3) is 0.571. The smallest absolute Gasteiger partial charge is 0.316 e. The van der Waals surface area contributed by atoms with Gasteiger partial charge in [0.15, 0.2) is 0 Å². The fourth-order valence-corrected chi connectivity index (χ4v) is 4.70. The van der Waals surface area contributed by atoms with Gasteiger partial charge in [-0.1, -0.05) is 57.2 Å². The summed E-state index contributed by atoms with van der Waals surface area (Å²) in [5.74, 6) is 2.52. The highest BCUT2D eigenvalue weighted by atomic mass is 32.2. The van der Waals surface area contributed by atoms with Crippen molar-refractivity contribution in [2.75, 3.05) is 5.75 Å². The van der Waals surface area contributed by atoms with Gasteiger partial charge in [0.2, 0.25) is 0 Å². The third-order valence-corrected chi connectivity index (χ3v) is 6.22. The number of para-hydroxylation sites is 1. The maximum atomic E-state index is 12.5. The number of aromatic nitrogens is 2. The zero-order valence-electron chi connectivity index (χ0n) is 16.1. The Balaban J connectivity index is 1.65. The standard InChI is InChI=1S/C21H28N2O2S/c1-13(2)16-10-9-14(3)11-19(16)25-20(24)12-26-21-17-7-5-6-8-18(17)22-15(4)23-21/h5-8,13-14,16,19H,9-12H2,1-4H3/t14-,16-,19-/m1/s1. The van der Waals surface area contributed by atoms with Crippen LogP contribution in [0, 0.1) is 24.7 Å². The van der Waals surface area contributed by atoms with E-state index in [4.69, 9.17) is 4.74 Å². The summed E-state index contributed by atoms with van der Waals surface area (Å²) >= 11 is 1.45. The quantitative estimate of drug-likeness (QED) is 0.418. The summed E-state index contributed by atoms with van der Waals surface area (Å²) in [6.45, 7) is 8.59. The van der Waals surface area contributed by atoms with Crippen molar-refractivity contribution < 1.29 is 9.53 Å². The van der Waals surface area contributed by atoms with Crippen LogP contribution < -0.4 is 0 Å². The molecular formula is C21H28N2O2S. The summed E-state index contributed by atoms with van der Waals surface area (Å²) in [5, 5.41) is 1.84. The molecule has 0 saturated heterocycles. The van der Waals surface area contributed by atoms with Crippen LogP contribution in [-0.4, -0.2) is 27.8 Å². The summed E-state index contributed by atoms with van der Waals surface area (Å²) in [7, 11) is 0. The first-order chi connectivity index (χ1) is 12.4. The van der Waals surface area contributed by atoms with Gasteiger partial charge >= 0.3 is 5.97 Å². The SMILES string of the molecule is Cc1nc(SCC(=O)O[C@@H]2C[C@H](C)CC[C@@H]2C(C)C)c2ccccc2n1. The number of carbonyl (C=O) groups excluding carboxylic acids is 1. The number of thioether (sulfide) groups is 1. The molecule has 0 spiro atoms. The average Bonchev–Trinajstić information content (AvgIpc) is 2.59. The molecule has 0 aliphatic heterocycles. The second kappa shape index (κ2) is 8.38. The van der Waals surface area contributed by atoms with Crippen molar-refractivity contribution in [3.63, 3.8) is 0 Å². The lowest BCUT2D eigenvalue weighted by Crippen LogP contribution is -2.36. The molecular weight excluding hydrogens is 344 g/mol. The second-order valence-corrected chi connectivity index (χ2v) is 8.70.